The van der Waals surface area contributed by atoms with Crippen molar-refractivity contribution in [1.82, 2.24) is 9.80 Å². The van der Waals surface area contributed by atoms with Crippen LogP contribution in [0, 0.1) is 0 Å². The highest BCUT2D eigenvalue weighted by Crippen LogP contribution is 2.28. The van der Waals surface area contributed by atoms with Crippen molar-refractivity contribution in [2.75, 3.05) is 50.0 Å². The molecular formula is C23H24N4O3. The predicted octanol–water partition coefficient (Wildman–Crippen LogP) is 2.47. The zero-order chi connectivity index (χ0) is 21.3. The fourth-order valence-electron chi connectivity index (χ4n) is 3.82. The Bertz CT molecular complexity index is 1020. The summed E-state index contributed by atoms with van der Waals surface area (Å²) in [7, 11) is 2.10. The van der Waals surface area contributed by atoms with E-state index in [1.54, 1.807) is 12.1 Å². The molecule has 0 atom stereocenters. The molecule has 1 N–H and O–H groups in total. The van der Waals surface area contributed by atoms with Crippen molar-refractivity contribution < 1.29 is 14.4 Å². The van der Waals surface area contributed by atoms with Gasteiger partial charge in [-0.3, -0.25) is 19.3 Å². The molecule has 0 spiro atoms. The molecule has 0 saturated carbocycles. The lowest BCUT2D eigenvalue weighted by Crippen LogP contribution is -2.44. The van der Waals surface area contributed by atoms with Gasteiger partial charge in [-0.25, -0.2) is 0 Å². The first-order chi connectivity index (χ1) is 14.5. The summed E-state index contributed by atoms with van der Waals surface area (Å²) >= 11 is 0. The molecule has 0 radical (unpaired) electrons. The number of carbonyl (C=O) groups is 3. The molecule has 7 nitrogen and oxygen atoms in total. The Balaban J connectivity index is 1.56. The molecule has 0 unspecified atom stereocenters. The molecule has 2 aliphatic rings. The molecule has 154 valence electrons. The lowest BCUT2D eigenvalue weighted by Gasteiger charge is -2.35. The number of hydrogen-bond donors (Lipinski definition) is 1. The van der Waals surface area contributed by atoms with Crippen molar-refractivity contribution in [1.29, 1.82) is 0 Å². The van der Waals surface area contributed by atoms with Gasteiger partial charge in [-0.05, 0) is 37.4 Å². The highest BCUT2D eigenvalue weighted by Gasteiger charge is 2.35. The number of rotatable bonds is 5. The fraction of sp³-hybridized carbons (Fsp3) is 0.261. The molecule has 2 aliphatic heterocycles. The quantitative estimate of drug-likeness (QED) is 0.612. The molecule has 0 aromatic heterocycles. The van der Waals surface area contributed by atoms with Gasteiger partial charge in [-0.2, -0.15) is 0 Å². The van der Waals surface area contributed by atoms with Crippen LogP contribution in [0.25, 0.3) is 0 Å². The van der Waals surface area contributed by atoms with E-state index >= 15 is 0 Å². The molecule has 1 fully saturated rings. The minimum atomic E-state index is -0.401. The molecule has 3 amide bonds. The van der Waals surface area contributed by atoms with Crippen LogP contribution in [-0.4, -0.2) is 67.3 Å². The van der Waals surface area contributed by atoms with Gasteiger partial charge in [0.2, 0.25) is 0 Å². The van der Waals surface area contributed by atoms with Crippen LogP contribution in [0.1, 0.15) is 31.1 Å². The molecule has 4 rings (SSSR count). The third-order valence-electron chi connectivity index (χ3n) is 5.54. The van der Waals surface area contributed by atoms with E-state index in [9.17, 15) is 14.4 Å². The zero-order valence-electron chi connectivity index (χ0n) is 16.9. The number of hydrogen-bond acceptors (Lipinski definition) is 5. The number of amides is 3. The third kappa shape index (κ3) is 3.59. The summed E-state index contributed by atoms with van der Waals surface area (Å²) in [5, 5.41) is 2.97. The Morgan fingerprint density at radius 2 is 1.73 bits per heavy atom. The van der Waals surface area contributed by atoms with Crippen molar-refractivity contribution in [2.24, 2.45) is 0 Å². The van der Waals surface area contributed by atoms with Gasteiger partial charge >= 0.3 is 0 Å². The predicted molar refractivity (Wildman–Crippen MR) is 116 cm³/mol. The molecule has 2 aromatic carbocycles. The van der Waals surface area contributed by atoms with Crippen LogP contribution in [0.5, 0.6) is 0 Å². The van der Waals surface area contributed by atoms with Crippen molar-refractivity contribution in [3.05, 3.63) is 71.8 Å². The Morgan fingerprint density at radius 3 is 2.47 bits per heavy atom. The van der Waals surface area contributed by atoms with Crippen LogP contribution in [0.3, 0.4) is 0 Å². The van der Waals surface area contributed by atoms with Gasteiger partial charge in [0.05, 0.1) is 22.5 Å². The van der Waals surface area contributed by atoms with Crippen molar-refractivity contribution >= 4 is 29.1 Å². The summed E-state index contributed by atoms with van der Waals surface area (Å²) in [6.07, 6.45) is 1.50. The van der Waals surface area contributed by atoms with Gasteiger partial charge in [-0.15, -0.1) is 6.58 Å². The second kappa shape index (κ2) is 8.12. The van der Waals surface area contributed by atoms with E-state index in [-0.39, 0.29) is 23.9 Å². The number of fused-ring (bicyclic) bond motifs is 1. The van der Waals surface area contributed by atoms with Crippen molar-refractivity contribution in [3.63, 3.8) is 0 Å². The maximum atomic E-state index is 12.9. The van der Waals surface area contributed by atoms with E-state index < -0.39 is 5.91 Å². The van der Waals surface area contributed by atoms with Crippen molar-refractivity contribution in [3.8, 4) is 0 Å². The summed E-state index contributed by atoms with van der Waals surface area (Å²) in [4.78, 5) is 43.5. The average molecular weight is 404 g/mol. The molecule has 0 bridgehead atoms. The Labute approximate surface area is 175 Å². The van der Waals surface area contributed by atoms with E-state index in [4.69, 9.17) is 0 Å². The van der Waals surface area contributed by atoms with E-state index in [1.807, 2.05) is 24.3 Å². The summed E-state index contributed by atoms with van der Waals surface area (Å²) in [6, 6.07) is 12.3. The van der Waals surface area contributed by atoms with Gasteiger partial charge < -0.3 is 15.1 Å². The lowest BCUT2D eigenvalue weighted by molar-refractivity contribution is 0.0672. The summed E-state index contributed by atoms with van der Waals surface area (Å²) in [6.45, 7) is 7.43. The van der Waals surface area contributed by atoms with Gasteiger partial charge in [0.15, 0.2) is 0 Å². The number of likely N-dealkylation sites (N-methyl/N-ethyl adjacent to an activating group) is 1. The Kier molecular flexibility index (Phi) is 5.37. The van der Waals surface area contributed by atoms with Crippen LogP contribution in [0.15, 0.2) is 55.1 Å². The topological polar surface area (TPSA) is 73.0 Å². The molecular weight excluding hydrogens is 380 g/mol. The highest BCUT2D eigenvalue weighted by atomic mass is 16.2. The zero-order valence-corrected chi connectivity index (χ0v) is 16.9. The second-order valence-electron chi connectivity index (χ2n) is 7.53. The van der Waals surface area contributed by atoms with E-state index in [0.29, 0.717) is 11.1 Å². The number of para-hydroxylation sites is 2. The van der Waals surface area contributed by atoms with Crippen LogP contribution in [0.2, 0.25) is 0 Å². The minimum Gasteiger partial charge on any atom is -0.367 e. The fourth-order valence-corrected chi connectivity index (χ4v) is 3.82. The second-order valence-corrected chi connectivity index (χ2v) is 7.53. The molecule has 30 heavy (non-hydrogen) atoms. The maximum absolute atomic E-state index is 12.9. The normalized spacial score (nSPS) is 16.6. The standard InChI is InChI=1S/C23H24N4O3/c1-3-10-27-22(29)17-9-8-16(15-18(17)23(27)30)21(28)24-19-6-4-5-7-20(19)26-13-11-25(2)12-14-26/h3-9,15H,1,10-14H2,2H3,(H,24,28). The molecule has 0 aliphatic carbocycles. The number of imide groups is 1. The number of piperazine rings is 1. The molecule has 7 heteroatoms. The maximum Gasteiger partial charge on any atom is 0.261 e. The van der Waals surface area contributed by atoms with Crippen LogP contribution in [0.4, 0.5) is 11.4 Å². The monoisotopic (exact) mass is 404 g/mol. The van der Waals surface area contributed by atoms with E-state index in [1.165, 1.54) is 12.1 Å². The summed E-state index contributed by atoms with van der Waals surface area (Å²) in [5.74, 6) is -1.08. The summed E-state index contributed by atoms with van der Waals surface area (Å²) in [5.41, 5.74) is 2.60. The number of anilines is 2. The van der Waals surface area contributed by atoms with E-state index in [2.05, 4.69) is 28.7 Å². The van der Waals surface area contributed by atoms with Gasteiger partial charge in [0.1, 0.15) is 0 Å². The number of carbonyl (C=O) groups excluding carboxylic acids is 3. The average Bonchev–Trinajstić information content (AvgIpc) is 2.99. The SMILES string of the molecule is C=CCN1C(=O)c2ccc(C(=O)Nc3ccccc3N3CCN(C)CC3)cc2C1=O. The largest absolute Gasteiger partial charge is 0.367 e. The molecule has 2 heterocycles. The van der Waals surface area contributed by atoms with Crippen LogP contribution < -0.4 is 10.2 Å². The first-order valence-electron chi connectivity index (χ1n) is 9.94. The number of benzene rings is 2. The van der Waals surface area contributed by atoms with E-state index in [0.717, 1.165) is 42.5 Å². The lowest BCUT2D eigenvalue weighted by atomic mass is 10.1. The minimum absolute atomic E-state index is 0.145. The van der Waals surface area contributed by atoms with Gasteiger partial charge in [0.25, 0.3) is 17.7 Å². The Hall–Kier alpha value is -3.45. The summed E-state index contributed by atoms with van der Waals surface area (Å²) < 4.78 is 0. The smallest absolute Gasteiger partial charge is 0.261 e. The van der Waals surface area contributed by atoms with Crippen LogP contribution in [-0.2, 0) is 0 Å². The first kappa shape index (κ1) is 19.8. The first-order valence-corrected chi connectivity index (χ1v) is 9.94. The van der Waals surface area contributed by atoms with Crippen LogP contribution >= 0.6 is 0 Å². The number of nitrogens with one attached hydrogen (secondary N) is 1. The van der Waals surface area contributed by atoms with Gasteiger partial charge in [0, 0.05) is 38.3 Å². The molecule has 1 saturated heterocycles. The van der Waals surface area contributed by atoms with Crippen molar-refractivity contribution in [2.45, 2.75) is 0 Å². The number of nitrogens with zero attached hydrogens (tertiary/aromatic N) is 3. The highest BCUT2D eigenvalue weighted by molar-refractivity contribution is 6.22. The van der Waals surface area contributed by atoms with Gasteiger partial charge in [-0.1, -0.05) is 18.2 Å². The third-order valence-corrected chi connectivity index (χ3v) is 5.54. The Morgan fingerprint density at radius 1 is 1.03 bits per heavy atom. The molecule has 2 aromatic rings.